The highest BCUT2D eigenvalue weighted by Crippen LogP contribution is 2.35. The SMILES string of the molecule is CSc1cc(C)cc2c1c1ccccc1n2C. The Kier molecular flexibility index (Phi) is 2.40. The van der Waals surface area contributed by atoms with E-state index in [9.17, 15) is 0 Å². The van der Waals surface area contributed by atoms with Gasteiger partial charge in [0.05, 0.1) is 5.52 Å². The third-order valence-corrected chi connectivity index (χ3v) is 4.10. The maximum absolute atomic E-state index is 2.29. The molecule has 0 aliphatic heterocycles. The predicted octanol–water partition coefficient (Wildman–Crippen LogP) is 4.36. The number of fused-ring (bicyclic) bond motifs is 3. The van der Waals surface area contributed by atoms with Gasteiger partial charge in [-0.1, -0.05) is 18.2 Å². The fraction of sp³-hybridized carbons (Fsp3) is 0.200. The Morgan fingerprint density at radius 2 is 1.82 bits per heavy atom. The molecular weight excluding hydrogens is 226 g/mol. The van der Waals surface area contributed by atoms with E-state index in [0.717, 1.165) is 0 Å². The van der Waals surface area contributed by atoms with Gasteiger partial charge >= 0.3 is 0 Å². The largest absolute Gasteiger partial charge is 0.344 e. The van der Waals surface area contributed by atoms with Crippen LogP contribution in [-0.4, -0.2) is 10.8 Å². The van der Waals surface area contributed by atoms with Crippen molar-refractivity contribution < 1.29 is 0 Å². The average Bonchev–Trinajstić information content (AvgIpc) is 2.63. The number of para-hydroxylation sites is 1. The molecule has 0 aliphatic rings. The van der Waals surface area contributed by atoms with Crippen molar-refractivity contribution >= 4 is 33.6 Å². The van der Waals surface area contributed by atoms with Crippen LogP contribution in [0.15, 0.2) is 41.3 Å². The van der Waals surface area contributed by atoms with Crippen LogP contribution >= 0.6 is 11.8 Å². The lowest BCUT2D eigenvalue weighted by Gasteiger charge is -2.03. The molecule has 86 valence electrons. The summed E-state index contributed by atoms with van der Waals surface area (Å²) in [6.07, 6.45) is 2.15. The molecule has 0 amide bonds. The van der Waals surface area contributed by atoms with Crippen LogP contribution in [0.1, 0.15) is 5.56 Å². The van der Waals surface area contributed by atoms with E-state index in [4.69, 9.17) is 0 Å². The van der Waals surface area contributed by atoms with Gasteiger partial charge < -0.3 is 4.57 Å². The molecule has 0 N–H and O–H groups in total. The molecule has 0 aliphatic carbocycles. The summed E-state index contributed by atoms with van der Waals surface area (Å²) < 4.78 is 2.29. The molecule has 2 heteroatoms. The molecule has 1 nitrogen and oxygen atoms in total. The fourth-order valence-electron chi connectivity index (χ4n) is 2.54. The van der Waals surface area contributed by atoms with Gasteiger partial charge in [-0.05, 0) is 36.9 Å². The maximum atomic E-state index is 2.29. The third-order valence-electron chi connectivity index (χ3n) is 3.34. The fourth-order valence-corrected chi connectivity index (χ4v) is 3.26. The number of hydrogen-bond donors (Lipinski definition) is 0. The monoisotopic (exact) mass is 241 g/mol. The van der Waals surface area contributed by atoms with E-state index >= 15 is 0 Å². The van der Waals surface area contributed by atoms with Gasteiger partial charge in [-0.3, -0.25) is 0 Å². The van der Waals surface area contributed by atoms with Crippen molar-refractivity contribution in [2.24, 2.45) is 7.05 Å². The van der Waals surface area contributed by atoms with Crippen LogP contribution in [0, 0.1) is 6.92 Å². The molecular formula is C15H15NS. The number of thioether (sulfide) groups is 1. The van der Waals surface area contributed by atoms with Gasteiger partial charge in [0.25, 0.3) is 0 Å². The van der Waals surface area contributed by atoms with E-state index in [-0.39, 0.29) is 0 Å². The zero-order valence-corrected chi connectivity index (χ0v) is 11.1. The van der Waals surface area contributed by atoms with Gasteiger partial charge in [0.2, 0.25) is 0 Å². The smallest absolute Gasteiger partial charge is 0.0502 e. The van der Waals surface area contributed by atoms with Crippen molar-refractivity contribution in [3.8, 4) is 0 Å². The minimum absolute atomic E-state index is 1.31. The van der Waals surface area contributed by atoms with Gasteiger partial charge in [-0.15, -0.1) is 11.8 Å². The zero-order valence-electron chi connectivity index (χ0n) is 10.3. The van der Waals surface area contributed by atoms with Gasteiger partial charge in [-0.2, -0.15) is 0 Å². The van der Waals surface area contributed by atoms with Crippen LogP contribution in [0.25, 0.3) is 21.8 Å². The lowest BCUT2D eigenvalue weighted by atomic mass is 10.1. The second kappa shape index (κ2) is 3.81. The van der Waals surface area contributed by atoms with Crippen molar-refractivity contribution in [3.63, 3.8) is 0 Å². The number of hydrogen-bond acceptors (Lipinski definition) is 1. The second-order valence-electron chi connectivity index (χ2n) is 4.44. The van der Waals surface area contributed by atoms with Crippen LogP contribution in [-0.2, 0) is 7.05 Å². The molecule has 1 aromatic heterocycles. The summed E-state index contributed by atoms with van der Waals surface area (Å²) in [5.41, 5.74) is 3.96. The summed E-state index contributed by atoms with van der Waals surface area (Å²) in [7, 11) is 2.15. The highest BCUT2D eigenvalue weighted by atomic mass is 32.2. The van der Waals surface area contributed by atoms with Crippen molar-refractivity contribution in [1.82, 2.24) is 4.57 Å². The molecule has 0 fully saturated rings. The van der Waals surface area contributed by atoms with Gasteiger partial charge in [-0.25, -0.2) is 0 Å². The third kappa shape index (κ3) is 1.48. The maximum Gasteiger partial charge on any atom is 0.0502 e. The first-order valence-electron chi connectivity index (χ1n) is 5.74. The van der Waals surface area contributed by atoms with Gasteiger partial charge in [0.15, 0.2) is 0 Å². The summed E-state index contributed by atoms with van der Waals surface area (Å²) in [5, 5.41) is 2.75. The Bertz CT molecular complexity index is 710. The lowest BCUT2D eigenvalue weighted by molar-refractivity contribution is 1.01. The molecule has 0 spiro atoms. The van der Waals surface area contributed by atoms with E-state index in [1.165, 1.54) is 32.3 Å². The highest BCUT2D eigenvalue weighted by Gasteiger charge is 2.11. The Morgan fingerprint density at radius 1 is 1.06 bits per heavy atom. The van der Waals surface area contributed by atoms with Crippen LogP contribution in [0.2, 0.25) is 0 Å². The minimum atomic E-state index is 1.31. The molecule has 17 heavy (non-hydrogen) atoms. The van der Waals surface area contributed by atoms with Gasteiger partial charge in [0.1, 0.15) is 0 Å². The molecule has 0 atom stereocenters. The summed E-state index contributed by atoms with van der Waals surface area (Å²) in [4.78, 5) is 1.37. The molecule has 0 unspecified atom stereocenters. The number of benzene rings is 2. The molecule has 3 aromatic rings. The quantitative estimate of drug-likeness (QED) is 0.573. The molecule has 0 saturated carbocycles. The first kappa shape index (κ1) is 10.7. The van der Waals surface area contributed by atoms with Gasteiger partial charge in [0, 0.05) is 28.2 Å². The summed E-state index contributed by atoms with van der Waals surface area (Å²) in [6.45, 7) is 2.16. The molecule has 1 heterocycles. The van der Waals surface area contributed by atoms with Crippen LogP contribution in [0.4, 0.5) is 0 Å². The molecule has 2 aromatic carbocycles. The predicted molar refractivity (Wildman–Crippen MR) is 76.9 cm³/mol. The number of aryl methyl sites for hydroxylation is 2. The van der Waals surface area contributed by atoms with Crippen molar-refractivity contribution in [2.45, 2.75) is 11.8 Å². The number of rotatable bonds is 1. The summed E-state index contributed by atoms with van der Waals surface area (Å²) in [5.74, 6) is 0. The minimum Gasteiger partial charge on any atom is -0.344 e. The van der Waals surface area contributed by atoms with E-state index in [0.29, 0.717) is 0 Å². The zero-order chi connectivity index (χ0) is 12.0. The molecule has 0 radical (unpaired) electrons. The highest BCUT2D eigenvalue weighted by molar-refractivity contribution is 7.98. The normalized spacial score (nSPS) is 11.5. The van der Waals surface area contributed by atoms with E-state index in [1.807, 2.05) is 11.8 Å². The topological polar surface area (TPSA) is 4.93 Å². The Hall–Kier alpha value is -1.41. The van der Waals surface area contributed by atoms with E-state index in [2.05, 4.69) is 61.2 Å². The Balaban J connectivity index is 2.62. The number of aromatic nitrogens is 1. The van der Waals surface area contributed by atoms with Crippen molar-refractivity contribution in [2.75, 3.05) is 6.26 Å². The Labute approximate surface area is 105 Å². The first-order chi connectivity index (χ1) is 8.22. The van der Waals surface area contributed by atoms with Crippen molar-refractivity contribution in [1.29, 1.82) is 0 Å². The summed E-state index contributed by atoms with van der Waals surface area (Å²) in [6, 6.07) is 13.2. The molecule has 3 rings (SSSR count). The lowest BCUT2D eigenvalue weighted by Crippen LogP contribution is -1.87. The van der Waals surface area contributed by atoms with Crippen LogP contribution in [0.5, 0.6) is 0 Å². The van der Waals surface area contributed by atoms with E-state index < -0.39 is 0 Å². The number of nitrogens with zero attached hydrogens (tertiary/aromatic N) is 1. The van der Waals surface area contributed by atoms with Crippen LogP contribution < -0.4 is 0 Å². The summed E-state index contributed by atoms with van der Waals surface area (Å²) >= 11 is 1.83. The average molecular weight is 241 g/mol. The first-order valence-corrected chi connectivity index (χ1v) is 6.96. The van der Waals surface area contributed by atoms with Crippen molar-refractivity contribution in [3.05, 3.63) is 42.0 Å². The Morgan fingerprint density at radius 3 is 2.59 bits per heavy atom. The standard InChI is InChI=1S/C15H15NS/c1-10-8-13-15(14(9-10)17-3)11-6-4-5-7-12(11)16(13)2/h4-9H,1-3H3. The molecule has 0 bridgehead atoms. The van der Waals surface area contributed by atoms with Crippen LogP contribution in [0.3, 0.4) is 0 Å². The molecule has 0 saturated heterocycles. The van der Waals surface area contributed by atoms with E-state index in [1.54, 1.807) is 0 Å². The second-order valence-corrected chi connectivity index (χ2v) is 5.29.